The number of fused-ring (bicyclic) bond motifs is 36. The lowest BCUT2D eigenvalue weighted by Crippen LogP contribution is -2.24. The first-order chi connectivity index (χ1) is 66.2. The Balaban J connectivity index is 0.000000103. The Bertz CT molecular complexity index is 9080. The maximum absolute atomic E-state index is 6.73. The van der Waals surface area contributed by atoms with Crippen LogP contribution in [-0.2, 0) is 16.2 Å². The van der Waals surface area contributed by atoms with Crippen molar-refractivity contribution < 1.29 is 23.0 Å². The molecule has 26 aromatic rings. The fraction of sp³-hybridized carbons (Fsp3) is 0.0698. The second kappa shape index (κ2) is 29.8. The average molecular weight is 1750 g/mol. The minimum atomic E-state index is -0.260. The third-order valence-corrected chi connectivity index (χ3v) is 31.0. The van der Waals surface area contributed by atoms with Crippen molar-refractivity contribution in [2.24, 2.45) is 0 Å². The minimum Gasteiger partial charge on any atom is -0.455 e. The molecule has 3 aliphatic rings. The SMILES string of the molecule is CC1(C)c2cc(-c3ccc(-c4ccc5c6ccccc6c6ccccc6c5c4)cc3)ccc2Oc2c1ccc1c2oc2ccccc21.CC1(C)c2cc(-c3ccc(-c4ccc5c6ccccc6c6ccccc6c5c4)cc3)ccc2Oc2c1ccc1c2sc2ccccc21.CC1(C)c2cc(-c3ccc4c5ccccc5c5ccccc5c4c3)ccc2Oc2c1ccc1c2oc2ccccc21. The Morgan fingerprint density at radius 2 is 0.400 bits per heavy atom. The van der Waals surface area contributed by atoms with Gasteiger partial charge in [0.25, 0.3) is 0 Å². The lowest BCUT2D eigenvalue weighted by molar-refractivity contribution is 0.415. The summed E-state index contributed by atoms with van der Waals surface area (Å²) in [6.07, 6.45) is 0. The van der Waals surface area contributed by atoms with E-state index in [2.05, 4.69) is 430 Å². The zero-order valence-electron chi connectivity index (χ0n) is 75.2. The first kappa shape index (κ1) is 78.5. The van der Waals surface area contributed by atoms with Crippen molar-refractivity contribution in [1.29, 1.82) is 0 Å². The average Bonchev–Trinajstić information content (AvgIpc) is 1.71. The molecular weight excluding hydrogens is 1660 g/mol. The van der Waals surface area contributed by atoms with E-state index in [4.69, 9.17) is 23.0 Å². The van der Waals surface area contributed by atoms with Crippen molar-refractivity contribution in [3.05, 3.63) is 446 Å². The van der Waals surface area contributed by atoms with Crippen LogP contribution in [0.3, 0.4) is 0 Å². The van der Waals surface area contributed by atoms with Gasteiger partial charge in [-0.2, -0.15) is 0 Å². The molecule has 6 heterocycles. The van der Waals surface area contributed by atoms with Crippen molar-refractivity contribution in [2.45, 2.75) is 57.8 Å². The van der Waals surface area contributed by atoms with Crippen LogP contribution in [0.2, 0.25) is 0 Å². The van der Waals surface area contributed by atoms with E-state index in [0.29, 0.717) is 0 Å². The van der Waals surface area contributed by atoms with Gasteiger partial charge in [-0.15, -0.1) is 11.3 Å². The molecule has 0 aliphatic carbocycles. The first-order valence-electron chi connectivity index (χ1n) is 46.7. The van der Waals surface area contributed by atoms with Crippen molar-refractivity contribution >= 4 is 172 Å². The molecule has 0 N–H and O–H groups in total. The maximum atomic E-state index is 6.73. The van der Waals surface area contributed by atoms with E-state index < -0.39 is 0 Å². The van der Waals surface area contributed by atoms with E-state index >= 15 is 0 Å². The molecule has 0 saturated carbocycles. The molecule has 0 bridgehead atoms. The van der Waals surface area contributed by atoms with Gasteiger partial charge in [-0.1, -0.05) is 369 Å². The molecule has 135 heavy (non-hydrogen) atoms. The number of thiophene rings is 1. The Kier molecular flexibility index (Phi) is 17.3. The van der Waals surface area contributed by atoms with Gasteiger partial charge in [0.15, 0.2) is 22.7 Å². The van der Waals surface area contributed by atoms with Crippen LogP contribution in [-0.4, -0.2) is 0 Å². The quantitative estimate of drug-likeness (QED) is 0.161. The topological polar surface area (TPSA) is 54.0 Å². The Labute approximate surface area is 783 Å². The Morgan fingerprint density at radius 3 is 0.741 bits per heavy atom. The number of rotatable bonds is 5. The molecule has 0 spiro atoms. The Morgan fingerprint density at radius 1 is 0.170 bits per heavy atom. The summed E-state index contributed by atoms with van der Waals surface area (Å²) in [5.74, 6) is 5.37. The molecule has 29 rings (SSSR count). The third-order valence-electron chi connectivity index (χ3n) is 29.8. The van der Waals surface area contributed by atoms with Gasteiger partial charge in [-0.05, 0) is 238 Å². The van der Waals surface area contributed by atoms with Crippen molar-refractivity contribution in [1.82, 2.24) is 0 Å². The summed E-state index contributed by atoms with van der Waals surface area (Å²) in [5, 5.41) is 30.3. The normalized spacial score (nSPS) is 13.8. The largest absolute Gasteiger partial charge is 0.455 e. The van der Waals surface area contributed by atoms with Crippen LogP contribution >= 0.6 is 11.3 Å². The first-order valence-corrected chi connectivity index (χ1v) is 47.5. The van der Waals surface area contributed by atoms with E-state index in [1.165, 1.54) is 195 Å². The number of benzene rings is 23. The highest BCUT2D eigenvalue weighted by molar-refractivity contribution is 7.26. The monoisotopic (exact) mass is 1750 g/mol. The summed E-state index contributed by atoms with van der Waals surface area (Å²) in [5.41, 5.74) is 21.8. The lowest BCUT2D eigenvalue weighted by Gasteiger charge is -2.35. The molecule has 5 nitrogen and oxygen atoms in total. The number of furan rings is 2. The number of ether oxygens (including phenoxy) is 3. The van der Waals surface area contributed by atoms with Crippen LogP contribution in [0.25, 0.3) is 217 Å². The smallest absolute Gasteiger partial charge is 0.178 e. The van der Waals surface area contributed by atoms with E-state index in [-0.39, 0.29) is 16.2 Å². The van der Waals surface area contributed by atoms with Gasteiger partial charge in [0.1, 0.15) is 34.2 Å². The van der Waals surface area contributed by atoms with Gasteiger partial charge >= 0.3 is 0 Å². The minimum absolute atomic E-state index is 0.193. The van der Waals surface area contributed by atoms with E-state index in [1.54, 1.807) is 0 Å². The zero-order chi connectivity index (χ0) is 89.8. The van der Waals surface area contributed by atoms with E-state index in [9.17, 15) is 0 Å². The number of hydrogen-bond donors (Lipinski definition) is 0. The standard InChI is InChI=1S/C45H30O2.C45H30OS.C39H26O2/c1-45(2)39-23-22-37-36-13-7-8-14-41(36)46-43(37)44(39)47-42-24-20-30(26-40(42)45)28-17-15-27(16-18-28)29-19-21-35-33-11-4-3-9-31(33)32-10-5-6-12-34(32)38(35)25-29;1-45(2)39-23-22-37-36-13-7-8-14-42(36)47-44(37)43(39)46-41-24-20-30(26-40(41)45)28-17-15-27(16-18-28)29-19-21-35-33-11-4-3-9-31(33)32-10-5-6-12-34(32)38(35)25-29;1-39(2)33-19-18-31-30-13-7-8-14-35(30)40-37(31)38(33)41-36-20-16-24(22-34(36)39)23-15-17-29-27-11-4-3-9-25(27)26-10-5-6-12-28(26)32(29)21-23/h2*3-26H,1-2H3;3-22H,1-2H3. The zero-order valence-corrected chi connectivity index (χ0v) is 76.0. The third kappa shape index (κ3) is 12.2. The molecule has 0 amide bonds. The molecule has 6 heteroatoms. The number of hydrogen-bond acceptors (Lipinski definition) is 6. The van der Waals surface area contributed by atoms with Crippen LogP contribution in [0.4, 0.5) is 0 Å². The molecule has 23 aromatic carbocycles. The summed E-state index contributed by atoms with van der Waals surface area (Å²) in [7, 11) is 0. The highest BCUT2D eigenvalue weighted by atomic mass is 32.1. The highest BCUT2D eigenvalue weighted by Crippen LogP contribution is 2.58. The lowest BCUT2D eigenvalue weighted by atomic mass is 9.74. The van der Waals surface area contributed by atoms with Crippen LogP contribution in [0.1, 0.15) is 74.9 Å². The molecule has 3 aromatic heterocycles. The number of para-hydroxylation sites is 2. The summed E-state index contributed by atoms with van der Waals surface area (Å²) in [6.45, 7) is 13.8. The van der Waals surface area contributed by atoms with Crippen molar-refractivity contribution in [2.75, 3.05) is 0 Å². The molecule has 3 aliphatic heterocycles. The fourth-order valence-electron chi connectivity index (χ4n) is 22.7. The maximum Gasteiger partial charge on any atom is 0.178 e. The van der Waals surface area contributed by atoms with Gasteiger partial charge < -0.3 is 23.0 Å². The predicted molar refractivity (Wildman–Crippen MR) is 567 cm³/mol. The summed E-state index contributed by atoms with van der Waals surface area (Å²) in [4.78, 5) is 0. The van der Waals surface area contributed by atoms with Gasteiger partial charge in [0.2, 0.25) is 0 Å². The van der Waals surface area contributed by atoms with E-state index in [0.717, 1.165) is 89.5 Å². The van der Waals surface area contributed by atoms with Crippen LogP contribution in [0, 0.1) is 0 Å². The second-order valence-corrected chi connectivity index (χ2v) is 39.3. The predicted octanol–water partition coefficient (Wildman–Crippen LogP) is 37.2. The van der Waals surface area contributed by atoms with Crippen molar-refractivity contribution in [3.63, 3.8) is 0 Å². The molecular formula is C129H86O5S. The second-order valence-electron chi connectivity index (χ2n) is 38.3. The Hall–Kier alpha value is -16.4. The highest BCUT2D eigenvalue weighted by Gasteiger charge is 2.40. The molecule has 0 atom stereocenters. The van der Waals surface area contributed by atoms with Crippen LogP contribution < -0.4 is 14.2 Å². The van der Waals surface area contributed by atoms with Crippen LogP contribution in [0.5, 0.6) is 34.5 Å². The van der Waals surface area contributed by atoms with Gasteiger partial charge in [-0.3, -0.25) is 0 Å². The molecule has 0 saturated heterocycles. The van der Waals surface area contributed by atoms with Crippen LogP contribution in [0.15, 0.2) is 421 Å². The summed E-state index contributed by atoms with van der Waals surface area (Å²) >= 11 is 1.83. The van der Waals surface area contributed by atoms with Gasteiger partial charge in [-0.25, -0.2) is 0 Å². The molecule has 0 unspecified atom stereocenters. The fourth-order valence-corrected chi connectivity index (χ4v) is 23.9. The summed E-state index contributed by atoms with van der Waals surface area (Å²) < 4.78 is 35.2. The van der Waals surface area contributed by atoms with Gasteiger partial charge in [0.05, 0.1) is 4.70 Å². The van der Waals surface area contributed by atoms with Gasteiger partial charge in [0, 0.05) is 86.6 Å². The molecule has 638 valence electrons. The molecule has 0 radical (unpaired) electrons. The van der Waals surface area contributed by atoms with E-state index in [1.807, 2.05) is 35.6 Å². The molecule has 0 fully saturated rings. The summed E-state index contributed by atoms with van der Waals surface area (Å²) in [6, 6.07) is 149. The van der Waals surface area contributed by atoms with Crippen molar-refractivity contribution in [3.8, 4) is 90.1 Å².